The van der Waals surface area contributed by atoms with E-state index in [1.807, 2.05) is 18.7 Å². The zero-order valence-electron chi connectivity index (χ0n) is 10.3. The standard InChI is InChI=1S/C11H19N5O/c1-8-9(6-15-16(8)2)5-14-11(17)10-7-12-3-4-13-10/h6,10,12-13H,3-5,7H2,1-2H3,(H,14,17). The highest BCUT2D eigenvalue weighted by atomic mass is 16.2. The number of hydrogen-bond donors (Lipinski definition) is 3. The predicted octanol–water partition coefficient (Wildman–Crippen LogP) is -1.09. The molecule has 1 unspecified atom stereocenters. The average molecular weight is 237 g/mol. The Kier molecular flexibility index (Phi) is 3.75. The second kappa shape index (κ2) is 5.29. The largest absolute Gasteiger partial charge is 0.350 e. The fourth-order valence-electron chi connectivity index (χ4n) is 1.86. The van der Waals surface area contributed by atoms with Gasteiger partial charge in [0.05, 0.1) is 12.2 Å². The quantitative estimate of drug-likeness (QED) is 0.624. The summed E-state index contributed by atoms with van der Waals surface area (Å²) in [5, 5.41) is 13.4. The molecule has 0 saturated carbocycles. The van der Waals surface area contributed by atoms with Crippen LogP contribution in [0.4, 0.5) is 0 Å². The van der Waals surface area contributed by atoms with E-state index in [2.05, 4.69) is 21.0 Å². The molecule has 1 fully saturated rings. The molecule has 6 nitrogen and oxygen atoms in total. The number of carbonyl (C=O) groups excluding carboxylic acids is 1. The lowest BCUT2D eigenvalue weighted by atomic mass is 10.2. The van der Waals surface area contributed by atoms with Crippen molar-refractivity contribution in [2.75, 3.05) is 19.6 Å². The van der Waals surface area contributed by atoms with E-state index in [1.54, 1.807) is 6.20 Å². The van der Waals surface area contributed by atoms with E-state index in [9.17, 15) is 4.79 Å². The fraction of sp³-hybridized carbons (Fsp3) is 0.636. The van der Waals surface area contributed by atoms with E-state index in [4.69, 9.17) is 0 Å². The van der Waals surface area contributed by atoms with Gasteiger partial charge < -0.3 is 16.0 Å². The molecule has 94 valence electrons. The first kappa shape index (κ1) is 12.1. The van der Waals surface area contributed by atoms with Gasteiger partial charge in [-0.1, -0.05) is 0 Å². The number of aryl methyl sites for hydroxylation is 1. The molecular weight excluding hydrogens is 218 g/mol. The van der Waals surface area contributed by atoms with Gasteiger partial charge in [-0.25, -0.2) is 0 Å². The van der Waals surface area contributed by atoms with Crippen LogP contribution in [-0.4, -0.2) is 41.4 Å². The van der Waals surface area contributed by atoms with Crippen molar-refractivity contribution in [3.63, 3.8) is 0 Å². The summed E-state index contributed by atoms with van der Waals surface area (Å²) >= 11 is 0. The highest BCUT2D eigenvalue weighted by Crippen LogP contribution is 2.04. The molecule has 1 saturated heterocycles. The minimum absolute atomic E-state index is 0.0421. The number of nitrogens with zero attached hydrogens (tertiary/aromatic N) is 2. The van der Waals surface area contributed by atoms with Gasteiger partial charge in [-0.15, -0.1) is 0 Å². The number of rotatable bonds is 3. The molecular formula is C11H19N5O. The maximum atomic E-state index is 11.8. The number of aromatic nitrogens is 2. The van der Waals surface area contributed by atoms with Crippen molar-refractivity contribution < 1.29 is 4.79 Å². The Bertz CT molecular complexity index is 395. The molecule has 1 amide bonds. The van der Waals surface area contributed by atoms with Crippen LogP contribution in [0.1, 0.15) is 11.3 Å². The lowest BCUT2D eigenvalue weighted by molar-refractivity contribution is -0.123. The number of nitrogens with one attached hydrogen (secondary N) is 3. The van der Waals surface area contributed by atoms with Crippen molar-refractivity contribution in [1.82, 2.24) is 25.7 Å². The minimum atomic E-state index is -0.124. The van der Waals surface area contributed by atoms with Crippen LogP contribution in [0.25, 0.3) is 0 Å². The summed E-state index contributed by atoms with van der Waals surface area (Å²) in [5.74, 6) is 0.0421. The number of hydrogen-bond acceptors (Lipinski definition) is 4. The molecule has 1 aliphatic heterocycles. The van der Waals surface area contributed by atoms with Crippen molar-refractivity contribution in [3.05, 3.63) is 17.5 Å². The van der Waals surface area contributed by atoms with Crippen molar-refractivity contribution >= 4 is 5.91 Å². The SMILES string of the molecule is Cc1c(CNC(=O)C2CNCCN2)cnn1C. The van der Waals surface area contributed by atoms with Crippen LogP contribution >= 0.6 is 0 Å². The Hall–Kier alpha value is -1.40. The Morgan fingerprint density at radius 2 is 2.47 bits per heavy atom. The molecule has 1 aromatic rings. The molecule has 2 heterocycles. The Morgan fingerprint density at radius 1 is 1.65 bits per heavy atom. The molecule has 1 atom stereocenters. The van der Waals surface area contributed by atoms with E-state index >= 15 is 0 Å². The van der Waals surface area contributed by atoms with Crippen LogP contribution in [0.15, 0.2) is 6.20 Å². The molecule has 0 aliphatic carbocycles. The van der Waals surface area contributed by atoms with Gasteiger partial charge in [0.2, 0.25) is 5.91 Å². The summed E-state index contributed by atoms with van der Waals surface area (Å²) in [7, 11) is 1.90. The molecule has 6 heteroatoms. The molecule has 3 N–H and O–H groups in total. The summed E-state index contributed by atoms with van der Waals surface area (Å²) < 4.78 is 1.81. The smallest absolute Gasteiger partial charge is 0.238 e. The van der Waals surface area contributed by atoms with E-state index in [0.29, 0.717) is 13.1 Å². The Morgan fingerprint density at radius 3 is 3.06 bits per heavy atom. The van der Waals surface area contributed by atoms with Gasteiger partial charge in [0.1, 0.15) is 0 Å². The highest BCUT2D eigenvalue weighted by Gasteiger charge is 2.19. The lowest BCUT2D eigenvalue weighted by Crippen LogP contribution is -2.55. The van der Waals surface area contributed by atoms with Crippen LogP contribution in [0.5, 0.6) is 0 Å². The van der Waals surface area contributed by atoms with Crippen LogP contribution in [0.3, 0.4) is 0 Å². The summed E-state index contributed by atoms with van der Waals surface area (Å²) in [6.45, 7) is 4.99. The van der Waals surface area contributed by atoms with E-state index < -0.39 is 0 Å². The summed E-state index contributed by atoms with van der Waals surface area (Å²) in [6.07, 6.45) is 1.79. The van der Waals surface area contributed by atoms with Crippen LogP contribution in [0, 0.1) is 6.92 Å². The predicted molar refractivity (Wildman–Crippen MR) is 64.5 cm³/mol. The maximum absolute atomic E-state index is 11.8. The highest BCUT2D eigenvalue weighted by molar-refractivity contribution is 5.82. The summed E-state index contributed by atoms with van der Waals surface area (Å²) in [4.78, 5) is 11.8. The summed E-state index contributed by atoms with van der Waals surface area (Å²) in [5.41, 5.74) is 2.14. The van der Waals surface area contributed by atoms with E-state index in [-0.39, 0.29) is 11.9 Å². The van der Waals surface area contributed by atoms with Gasteiger partial charge >= 0.3 is 0 Å². The van der Waals surface area contributed by atoms with Gasteiger partial charge in [-0.3, -0.25) is 9.48 Å². The first-order valence-electron chi connectivity index (χ1n) is 5.88. The molecule has 1 aliphatic rings. The molecule has 2 rings (SSSR count). The van der Waals surface area contributed by atoms with Crippen LogP contribution in [0.2, 0.25) is 0 Å². The lowest BCUT2D eigenvalue weighted by Gasteiger charge is -2.23. The molecule has 0 spiro atoms. The fourth-order valence-corrected chi connectivity index (χ4v) is 1.86. The molecule has 17 heavy (non-hydrogen) atoms. The Balaban J connectivity index is 1.85. The van der Waals surface area contributed by atoms with Gasteiger partial charge in [-0.2, -0.15) is 5.10 Å². The Labute approximate surface area is 101 Å². The van der Waals surface area contributed by atoms with Crippen molar-refractivity contribution in [3.8, 4) is 0 Å². The van der Waals surface area contributed by atoms with E-state index in [0.717, 1.165) is 24.3 Å². The first-order chi connectivity index (χ1) is 8.18. The minimum Gasteiger partial charge on any atom is -0.350 e. The van der Waals surface area contributed by atoms with Crippen molar-refractivity contribution in [1.29, 1.82) is 0 Å². The third kappa shape index (κ3) is 2.83. The van der Waals surface area contributed by atoms with Gasteiger partial charge in [-0.05, 0) is 6.92 Å². The number of amides is 1. The third-order valence-electron chi connectivity index (χ3n) is 3.15. The number of piperazine rings is 1. The monoisotopic (exact) mass is 237 g/mol. The second-order valence-electron chi connectivity index (χ2n) is 4.31. The normalized spacial score (nSPS) is 20.2. The van der Waals surface area contributed by atoms with Crippen LogP contribution < -0.4 is 16.0 Å². The van der Waals surface area contributed by atoms with Gasteiger partial charge in [0.15, 0.2) is 0 Å². The van der Waals surface area contributed by atoms with Gasteiger partial charge in [0.25, 0.3) is 0 Å². The molecule has 0 aromatic carbocycles. The zero-order valence-corrected chi connectivity index (χ0v) is 10.3. The second-order valence-corrected chi connectivity index (χ2v) is 4.31. The first-order valence-corrected chi connectivity index (χ1v) is 5.88. The molecule has 0 bridgehead atoms. The average Bonchev–Trinajstić information content (AvgIpc) is 2.68. The third-order valence-corrected chi connectivity index (χ3v) is 3.15. The maximum Gasteiger partial charge on any atom is 0.238 e. The molecule has 1 aromatic heterocycles. The topological polar surface area (TPSA) is 71.0 Å². The van der Waals surface area contributed by atoms with Crippen molar-refractivity contribution in [2.24, 2.45) is 7.05 Å². The zero-order chi connectivity index (χ0) is 12.3. The van der Waals surface area contributed by atoms with Gasteiger partial charge in [0, 0.05) is 44.5 Å². The number of carbonyl (C=O) groups is 1. The molecule has 0 radical (unpaired) electrons. The summed E-state index contributed by atoms with van der Waals surface area (Å²) in [6, 6.07) is -0.124. The van der Waals surface area contributed by atoms with E-state index in [1.165, 1.54) is 0 Å². The van der Waals surface area contributed by atoms with Crippen LogP contribution in [-0.2, 0) is 18.4 Å². The van der Waals surface area contributed by atoms with Crippen molar-refractivity contribution in [2.45, 2.75) is 19.5 Å².